The van der Waals surface area contributed by atoms with Crippen LogP contribution in [0.15, 0.2) is 30.3 Å². The number of piperidine rings is 1. The quantitative estimate of drug-likeness (QED) is 0.844. The molecular formula is C14H21NO. The van der Waals surface area contributed by atoms with Crippen LogP contribution >= 0.6 is 0 Å². The van der Waals surface area contributed by atoms with Gasteiger partial charge in [-0.3, -0.25) is 4.90 Å². The van der Waals surface area contributed by atoms with Crippen LogP contribution in [-0.4, -0.2) is 28.7 Å². The van der Waals surface area contributed by atoms with Crippen molar-refractivity contribution in [2.24, 2.45) is 0 Å². The molecule has 1 aliphatic heterocycles. The second-order valence-corrected chi connectivity index (χ2v) is 4.76. The summed E-state index contributed by atoms with van der Waals surface area (Å²) < 4.78 is 0. The average molecular weight is 219 g/mol. The minimum absolute atomic E-state index is 0.219. The number of rotatable bonds is 3. The molecule has 0 unspecified atom stereocenters. The Kier molecular flexibility index (Phi) is 3.97. The number of hydrogen-bond donors (Lipinski definition) is 1. The molecule has 1 N–H and O–H groups in total. The second kappa shape index (κ2) is 5.46. The van der Waals surface area contributed by atoms with Crippen LogP contribution in [0.3, 0.4) is 0 Å². The van der Waals surface area contributed by atoms with E-state index in [1.54, 1.807) is 0 Å². The smallest absolute Gasteiger partial charge is 0.0667 e. The molecule has 1 fully saturated rings. The van der Waals surface area contributed by atoms with Crippen molar-refractivity contribution in [3.8, 4) is 0 Å². The Labute approximate surface area is 97.9 Å². The number of aliphatic hydroxyl groups is 1. The summed E-state index contributed by atoms with van der Waals surface area (Å²) in [6.07, 6.45) is 3.42. The van der Waals surface area contributed by atoms with Crippen LogP contribution in [0.2, 0.25) is 0 Å². The van der Waals surface area contributed by atoms with Crippen molar-refractivity contribution in [1.82, 2.24) is 4.90 Å². The lowest BCUT2D eigenvalue weighted by Crippen LogP contribution is -2.45. The Morgan fingerprint density at radius 2 is 2.06 bits per heavy atom. The predicted molar refractivity (Wildman–Crippen MR) is 66.2 cm³/mol. The molecule has 88 valence electrons. The summed E-state index contributed by atoms with van der Waals surface area (Å²) in [7, 11) is 0. The van der Waals surface area contributed by atoms with Crippen molar-refractivity contribution in [2.75, 3.05) is 6.54 Å². The largest absolute Gasteiger partial charge is 0.392 e. The van der Waals surface area contributed by atoms with Crippen LogP contribution in [0, 0.1) is 0 Å². The fourth-order valence-electron chi connectivity index (χ4n) is 2.58. The SMILES string of the molecule is C[C@@H](O)[C@@H]1CCCCN1Cc1ccccc1. The van der Waals surface area contributed by atoms with Crippen LogP contribution < -0.4 is 0 Å². The third-order valence-corrected chi connectivity index (χ3v) is 3.45. The molecule has 1 aromatic rings. The van der Waals surface area contributed by atoms with Crippen molar-refractivity contribution >= 4 is 0 Å². The molecule has 0 saturated carbocycles. The second-order valence-electron chi connectivity index (χ2n) is 4.76. The summed E-state index contributed by atoms with van der Waals surface area (Å²) in [6, 6.07) is 10.9. The van der Waals surface area contributed by atoms with Gasteiger partial charge in [0.25, 0.3) is 0 Å². The van der Waals surface area contributed by atoms with E-state index in [2.05, 4.69) is 29.2 Å². The van der Waals surface area contributed by atoms with Crippen molar-refractivity contribution in [2.45, 2.75) is 44.9 Å². The van der Waals surface area contributed by atoms with Crippen LogP contribution in [0.5, 0.6) is 0 Å². The lowest BCUT2D eigenvalue weighted by molar-refractivity contribution is 0.0317. The molecule has 2 nitrogen and oxygen atoms in total. The third kappa shape index (κ3) is 2.83. The van der Waals surface area contributed by atoms with Gasteiger partial charge in [0, 0.05) is 12.6 Å². The molecule has 1 aliphatic rings. The van der Waals surface area contributed by atoms with Crippen LogP contribution in [0.1, 0.15) is 31.7 Å². The van der Waals surface area contributed by atoms with Crippen LogP contribution in [-0.2, 0) is 6.54 Å². The summed E-state index contributed by atoms with van der Waals surface area (Å²) in [6.45, 7) is 3.99. The molecular weight excluding hydrogens is 198 g/mol. The average Bonchev–Trinajstić information content (AvgIpc) is 2.31. The van der Waals surface area contributed by atoms with E-state index in [0.717, 1.165) is 19.5 Å². The number of likely N-dealkylation sites (tertiary alicyclic amines) is 1. The molecule has 0 amide bonds. The summed E-state index contributed by atoms with van der Waals surface area (Å²) >= 11 is 0. The maximum Gasteiger partial charge on any atom is 0.0667 e. The Morgan fingerprint density at radius 3 is 2.75 bits per heavy atom. The first-order valence-corrected chi connectivity index (χ1v) is 6.23. The molecule has 0 aromatic heterocycles. The summed E-state index contributed by atoms with van der Waals surface area (Å²) in [5.41, 5.74) is 1.34. The number of nitrogens with zero attached hydrogens (tertiary/aromatic N) is 1. The zero-order valence-corrected chi connectivity index (χ0v) is 9.97. The van der Waals surface area contributed by atoms with E-state index in [-0.39, 0.29) is 6.10 Å². The van der Waals surface area contributed by atoms with Crippen molar-refractivity contribution in [3.63, 3.8) is 0 Å². The molecule has 0 bridgehead atoms. The van der Waals surface area contributed by atoms with E-state index in [1.165, 1.54) is 18.4 Å². The van der Waals surface area contributed by atoms with Crippen LogP contribution in [0.4, 0.5) is 0 Å². The standard InChI is InChI=1S/C14H21NO/c1-12(16)14-9-5-6-10-15(14)11-13-7-3-2-4-8-13/h2-4,7-8,12,14,16H,5-6,9-11H2,1H3/t12-,14+/m1/s1. The van der Waals surface area contributed by atoms with Gasteiger partial charge in [-0.15, -0.1) is 0 Å². The van der Waals surface area contributed by atoms with Gasteiger partial charge in [-0.05, 0) is 31.9 Å². The highest BCUT2D eigenvalue weighted by Crippen LogP contribution is 2.21. The van der Waals surface area contributed by atoms with Crippen molar-refractivity contribution < 1.29 is 5.11 Å². The van der Waals surface area contributed by atoms with Gasteiger partial charge >= 0.3 is 0 Å². The first-order chi connectivity index (χ1) is 7.77. The summed E-state index contributed by atoms with van der Waals surface area (Å²) in [4.78, 5) is 2.42. The highest BCUT2D eigenvalue weighted by atomic mass is 16.3. The summed E-state index contributed by atoms with van der Waals surface area (Å²) in [5.74, 6) is 0. The molecule has 2 atom stereocenters. The van der Waals surface area contributed by atoms with Gasteiger partial charge < -0.3 is 5.11 Å². The van der Waals surface area contributed by atoms with E-state index in [9.17, 15) is 5.11 Å². The first kappa shape index (κ1) is 11.6. The van der Waals surface area contributed by atoms with Gasteiger partial charge in [0.1, 0.15) is 0 Å². The fourth-order valence-corrected chi connectivity index (χ4v) is 2.58. The number of benzene rings is 1. The normalized spacial score (nSPS) is 24.2. The lowest BCUT2D eigenvalue weighted by atomic mass is 9.97. The molecule has 2 rings (SSSR count). The number of aliphatic hydroxyl groups excluding tert-OH is 1. The highest BCUT2D eigenvalue weighted by Gasteiger charge is 2.25. The maximum atomic E-state index is 9.78. The van der Waals surface area contributed by atoms with Crippen molar-refractivity contribution in [3.05, 3.63) is 35.9 Å². The zero-order valence-electron chi connectivity index (χ0n) is 9.97. The first-order valence-electron chi connectivity index (χ1n) is 6.23. The maximum absolute atomic E-state index is 9.78. The van der Waals surface area contributed by atoms with E-state index >= 15 is 0 Å². The molecule has 0 radical (unpaired) electrons. The van der Waals surface area contributed by atoms with E-state index in [1.807, 2.05) is 13.0 Å². The molecule has 16 heavy (non-hydrogen) atoms. The Bertz CT molecular complexity index is 310. The van der Waals surface area contributed by atoms with Gasteiger partial charge in [0.2, 0.25) is 0 Å². The molecule has 1 heterocycles. The van der Waals surface area contributed by atoms with Crippen molar-refractivity contribution in [1.29, 1.82) is 0 Å². The molecule has 1 saturated heterocycles. The van der Waals surface area contributed by atoms with Gasteiger partial charge in [-0.25, -0.2) is 0 Å². The highest BCUT2D eigenvalue weighted by molar-refractivity contribution is 5.14. The predicted octanol–water partition coefficient (Wildman–Crippen LogP) is 2.42. The molecule has 0 aliphatic carbocycles. The van der Waals surface area contributed by atoms with E-state index < -0.39 is 0 Å². The topological polar surface area (TPSA) is 23.5 Å². The van der Waals surface area contributed by atoms with E-state index in [0.29, 0.717) is 6.04 Å². The third-order valence-electron chi connectivity index (χ3n) is 3.45. The van der Waals surface area contributed by atoms with Gasteiger partial charge in [0.05, 0.1) is 6.10 Å². The summed E-state index contributed by atoms with van der Waals surface area (Å²) in [5, 5.41) is 9.78. The van der Waals surface area contributed by atoms with E-state index in [4.69, 9.17) is 0 Å². The number of hydrogen-bond acceptors (Lipinski definition) is 2. The fraction of sp³-hybridized carbons (Fsp3) is 0.571. The Hall–Kier alpha value is -0.860. The molecule has 2 heteroatoms. The minimum atomic E-state index is -0.219. The Balaban J connectivity index is 2.01. The van der Waals surface area contributed by atoms with Gasteiger partial charge in [-0.1, -0.05) is 36.8 Å². The van der Waals surface area contributed by atoms with Gasteiger partial charge in [0.15, 0.2) is 0 Å². The zero-order chi connectivity index (χ0) is 11.4. The minimum Gasteiger partial charge on any atom is -0.392 e. The monoisotopic (exact) mass is 219 g/mol. The van der Waals surface area contributed by atoms with Crippen LogP contribution in [0.25, 0.3) is 0 Å². The van der Waals surface area contributed by atoms with Gasteiger partial charge in [-0.2, -0.15) is 0 Å². The Morgan fingerprint density at radius 1 is 1.31 bits per heavy atom. The lowest BCUT2D eigenvalue weighted by Gasteiger charge is -2.37. The molecule has 0 spiro atoms. The molecule has 1 aromatic carbocycles.